The first-order chi connectivity index (χ1) is 9.46. The second-order valence-corrected chi connectivity index (χ2v) is 7.42. The monoisotopic (exact) mass is 361 g/mol. The lowest BCUT2D eigenvalue weighted by atomic mass is 10.0. The number of carbonyl (C=O) groups is 1. The van der Waals surface area contributed by atoms with Gasteiger partial charge in [0.25, 0.3) is 0 Å². The molecule has 0 aromatic heterocycles. The number of nitrogens with zero attached hydrogens (tertiary/aromatic N) is 1. The van der Waals surface area contributed by atoms with E-state index in [-0.39, 0.29) is 23.3 Å². The zero-order valence-electron chi connectivity index (χ0n) is 11.1. The molecule has 1 aliphatic heterocycles. The number of methoxy groups -OCH3 is 1. The summed E-state index contributed by atoms with van der Waals surface area (Å²) in [6, 6.07) is 6.69. The highest BCUT2D eigenvalue weighted by atomic mass is 79.9. The van der Waals surface area contributed by atoms with Gasteiger partial charge in [-0.25, -0.2) is 8.42 Å². The van der Waals surface area contributed by atoms with Crippen LogP contribution in [0.4, 0.5) is 0 Å². The number of piperidine rings is 1. The molecule has 1 heterocycles. The molecule has 1 aromatic rings. The molecule has 2 rings (SSSR count). The Balaban J connectivity index is 2.26. The third-order valence-corrected chi connectivity index (χ3v) is 6.25. The van der Waals surface area contributed by atoms with Gasteiger partial charge in [0.1, 0.15) is 0 Å². The zero-order chi connectivity index (χ0) is 14.8. The van der Waals surface area contributed by atoms with Crippen LogP contribution in [0.15, 0.2) is 33.6 Å². The molecule has 1 atom stereocenters. The maximum Gasteiger partial charge on any atom is 0.309 e. The highest BCUT2D eigenvalue weighted by Gasteiger charge is 2.34. The number of hydrogen-bond acceptors (Lipinski definition) is 4. The van der Waals surface area contributed by atoms with Crippen molar-refractivity contribution in [3.63, 3.8) is 0 Å². The molecular formula is C13H16BrNO4S. The number of ether oxygens (including phenoxy) is 1. The largest absolute Gasteiger partial charge is 0.469 e. The van der Waals surface area contributed by atoms with E-state index in [9.17, 15) is 13.2 Å². The van der Waals surface area contributed by atoms with E-state index in [2.05, 4.69) is 15.9 Å². The van der Waals surface area contributed by atoms with Crippen LogP contribution in [0.2, 0.25) is 0 Å². The SMILES string of the molecule is COC(=O)[C@H]1CCCN(S(=O)(=O)c2ccccc2Br)C1. The molecule has 1 fully saturated rings. The summed E-state index contributed by atoms with van der Waals surface area (Å²) in [5, 5.41) is 0. The standard InChI is InChI=1S/C13H16BrNO4S/c1-19-13(16)10-5-4-8-15(9-10)20(17,18)12-7-3-2-6-11(12)14/h2-3,6-7,10H,4-5,8-9H2,1H3/t10-/m0/s1. The Morgan fingerprint density at radius 3 is 2.75 bits per heavy atom. The first kappa shape index (κ1) is 15.5. The first-order valence-corrected chi connectivity index (χ1v) is 8.52. The summed E-state index contributed by atoms with van der Waals surface area (Å²) in [4.78, 5) is 11.8. The van der Waals surface area contributed by atoms with Crippen LogP contribution < -0.4 is 0 Å². The van der Waals surface area contributed by atoms with Crippen molar-refractivity contribution >= 4 is 31.9 Å². The molecule has 0 aliphatic carbocycles. The van der Waals surface area contributed by atoms with Gasteiger partial charge < -0.3 is 4.74 Å². The van der Waals surface area contributed by atoms with Gasteiger partial charge in [-0.2, -0.15) is 4.31 Å². The van der Waals surface area contributed by atoms with E-state index in [0.29, 0.717) is 23.9 Å². The molecule has 0 radical (unpaired) electrons. The van der Waals surface area contributed by atoms with Crippen LogP contribution >= 0.6 is 15.9 Å². The van der Waals surface area contributed by atoms with Crippen LogP contribution in [0.25, 0.3) is 0 Å². The maximum absolute atomic E-state index is 12.6. The highest BCUT2D eigenvalue weighted by molar-refractivity contribution is 9.10. The van der Waals surface area contributed by atoms with Crippen LogP contribution in [0, 0.1) is 5.92 Å². The summed E-state index contributed by atoms with van der Waals surface area (Å²) in [6.45, 7) is 0.605. The molecule has 0 spiro atoms. The van der Waals surface area contributed by atoms with Gasteiger partial charge in [-0.3, -0.25) is 4.79 Å². The predicted molar refractivity (Wildman–Crippen MR) is 77.6 cm³/mol. The van der Waals surface area contributed by atoms with Crippen LogP contribution in [-0.4, -0.2) is 38.9 Å². The molecule has 0 N–H and O–H groups in total. The molecule has 0 amide bonds. The van der Waals surface area contributed by atoms with Crippen molar-refractivity contribution < 1.29 is 17.9 Å². The highest BCUT2D eigenvalue weighted by Crippen LogP contribution is 2.28. The van der Waals surface area contributed by atoms with Crippen molar-refractivity contribution in [3.05, 3.63) is 28.7 Å². The van der Waals surface area contributed by atoms with Gasteiger partial charge in [-0.05, 0) is 40.9 Å². The van der Waals surface area contributed by atoms with Crippen molar-refractivity contribution in [1.29, 1.82) is 0 Å². The first-order valence-electron chi connectivity index (χ1n) is 6.29. The summed E-state index contributed by atoms with van der Waals surface area (Å²) >= 11 is 3.26. The van der Waals surface area contributed by atoms with Crippen LogP contribution in [-0.2, 0) is 19.6 Å². The Kier molecular flexibility index (Phi) is 4.82. The second kappa shape index (κ2) is 6.24. The summed E-state index contributed by atoms with van der Waals surface area (Å²) in [7, 11) is -2.27. The van der Waals surface area contributed by atoms with Gasteiger partial charge in [0.15, 0.2) is 0 Å². The van der Waals surface area contributed by atoms with Gasteiger partial charge in [0, 0.05) is 17.6 Å². The van der Waals surface area contributed by atoms with E-state index in [4.69, 9.17) is 4.74 Å². The second-order valence-electron chi connectivity index (χ2n) is 4.66. The molecule has 1 aromatic carbocycles. The average molecular weight is 362 g/mol. The topological polar surface area (TPSA) is 63.7 Å². The fourth-order valence-electron chi connectivity index (χ4n) is 2.31. The Morgan fingerprint density at radius 2 is 2.10 bits per heavy atom. The van der Waals surface area contributed by atoms with Crippen molar-refractivity contribution in [2.75, 3.05) is 20.2 Å². The third-order valence-electron chi connectivity index (χ3n) is 3.37. The van der Waals surface area contributed by atoms with Crippen molar-refractivity contribution in [3.8, 4) is 0 Å². The summed E-state index contributed by atoms with van der Waals surface area (Å²) < 4.78 is 31.8. The minimum Gasteiger partial charge on any atom is -0.469 e. The molecule has 1 aliphatic rings. The summed E-state index contributed by atoms with van der Waals surface area (Å²) in [5.41, 5.74) is 0. The Hall–Kier alpha value is -0.920. The van der Waals surface area contributed by atoms with Gasteiger partial charge in [0.05, 0.1) is 17.9 Å². The molecule has 0 unspecified atom stereocenters. The van der Waals surface area contributed by atoms with E-state index in [1.54, 1.807) is 24.3 Å². The third kappa shape index (κ3) is 3.05. The lowest BCUT2D eigenvalue weighted by Gasteiger charge is -2.30. The number of rotatable bonds is 3. The predicted octanol–water partition coefficient (Wildman–Crippen LogP) is 2.02. The number of hydrogen-bond donors (Lipinski definition) is 0. The van der Waals surface area contributed by atoms with Crippen molar-refractivity contribution in [1.82, 2.24) is 4.31 Å². The number of halogens is 1. The molecule has 0 saturated carbocycles. The Bertz CT molecular complexity index is 602. The fraction of sp³-hybridized carbons (Fsp3) is 0.462. The lowest BCUT2D eigenvalue weighted by molar-refractivity contribution is -0.146. The maximum atomic E-state index is 12.6. The van der Waals surface area contributed by atoms with Gasteiger partial charge in [-0.1, -0.05) is 12.1 Å². The molecule has 5 nitrogen and oxygen atoms in total. The quantitative estimate of drug-likeness (QED) is 0.772. The molecular weight excluding hydrogens is 346 g/mol. The van der Waals surface area contributed by atoms with Gasteiger partial charge in [0.2, 0.25) is 10.0 Å². The minimum absolute atomic E-state index is 0.177. The van der Waals surface area contributed by atoms with E-state index in [0.717, 1.165) is 0 Å². The number of benzene rings is 1. The van der Waals surface area contributed by atoms with E-state index in [1.807, 2.05) is 0 Å². The van der Waals surface area contributed by atoms with Crippen LogP contribution in [0.5, 0.6) is 0 Å². The molecule has 1 saturated heterocycles. The van der Waals surface area contributed by atoms with Crippen LogP contribution in [0.3, 0.4) is 0 Å². The number of carbonyl (C=O) groups excluding carboxylic acids is 1. The number of esters is 1. The number of sulfonamides is 1. The molecule has 7 heteroatoms. The molecule has 0 bridgehead atoms. The smallest absolute Gasteiger partial charge is 0.309 e. The van der Waals surface area contributed by atoms with E-state index in [1.165, 1.54) is 11.4 Å². The van der Waals surface area contributed by atoms with E-state index >= 15 is 0 Å². The molecule has 20 heavy (non-hydrogen) atoms. The Labute approximate surface area is 127 Å². The fourth-order valence-corrected chi connectivity index (χ4v) is 4.80. The summed E-state index contributed by atoms with van der Waals surface area (Å²) in [5.74, 6) is -0.733. The van der Waals surface area contributed by atoms with Crippen molar-refractivity contribution in [2.24, 2.45) is 5.92 Å². The normalized spacial score (nSPS) is 20.6. The zero-order valence-corrected chi connectivity index (χ0v) is 13.5. The van der Waals surface area contributed by atoms with Gasteiger partial charge in [-0.15, -0.1) is 0 Å². The average Bonchev–Trinajstić information content (AvgIpc) is 2.47. The van der Waals surface area contributed by atoms with Crippen LogP contribution in [0.1, 0.15) is 12.8 Å². The van der Waals surface area contributed by atoms with Crippen molar-refractivity contribution in [2.45, 2.75) is 17.7 Å². The molecule has 110 valence electrons. The summed E-state index contributed by atoms with van der Waals surface area (Å²) in [6.07, 6.45) is 1.32. The Morgan fingerprint density at radius 1 is 1.40 bits per heavy atom. The van der Waals surface area contributed by atoms with E-state index < -0.39 is 10.0 Å². The minimum atomic E-state index is -3.59. The van der Waals surface area contributed by atoms with Gasteiger partial charge >= 0.3 is 5.97 Å². The lowest BCUT2D eigenvalue weighted by Crippen LogP contribution is -2.42.